The van der Waals surface area contributed by atoms with Gasteiger partial charge in [-0.05, 0) is 73.1 Å². The van der Waals surface area contributed by atoms with Crippen LogP contribution in [0.25, 0.3) is 0 Å². The van der Waals surface area contributed by atoms with Gasteiger partial charge >= 0.3 is 0 Å². The van der Waals surface area contributed by atoms with Crippen LogP contribution < -0.4 is 0 Å². The molecule has 1 aliphatic rings. The Morgan fingerprint density at radius 2 is 1.48 bits per heavy atom. The summed E-state index contributed by atoms with van der Waals surface area (Å²) in [5.74, 6) is -4.66. The first-order valence-corrected chi connectivity index (χ1v) is 9.90. The van der Waals surface area contributed by atoms with Gasteiger partial charge in [-0.3, -0.25) is 0 Å². The molecule has 3 rings (SSSR count). The van der Waals surface area contributed by atoms with E-state index in [9.17, 15) is 17.6 Å². The molecule has 0 bridgehead atoms. The summed E-state index contributed by atoms with van der Waals surface area (Å²) in [7, 11) is 0. The third-order valence-corrected chi connectivity index (χ3v) is 5.86. The summed E-state index contributed by atoms with van der Waals surface area (Å²) in [5.41, 5.74) is 2.17. The maximum Gasteiger partial charge on any atom is 0.197 e. The van der Waals surface area contributed by atoms with Crippen molar-refractivity contribution in [2.45, 2.75) is 64.2 Å². The number of hydrogen-bond donors (Lipinski definition) is 0. The van der Waals surface area contributed by atoms with Gasteiger partial charge in [0.2, 0.25) is 0 Å². The van der Waals surface area contributed by atoms with Crippen molar-refractivity contribution in [3.8, 4) is 0 Å². The van der Waals surface area contributed by atoms with Gasteiger partial charge in [0.05, 0.1) is 0 Å². The van der Waals surface area contributed by atoms with Gasteiger partial charge in [0.15, 0.2) is 23.3 Å². The summed E-state index contributed by atoms with van der Waals surface area (Å²) >= 11 is 0. The van der Waals surface area contributed by atoms with Gasteiger partial charge in [0, 0.05) is 0 Å². The summed E-state index contributed by atoms with van der Waals surface area (Å²) in [6, 6.07) is 8.98. The summed E-state index contributed by atoms with van der Waals surface area (Å²) < 4.78 is 53.4. The molecule has 0 unspecified atom stereocenters. The zero-order chi connectivity index (χ0) is 19.4. The molecule has 0 radical (unpaired) electrons. The summed E-state index contributed by atoms with van der Waals surface area (Å²) in [4.78, 5) is 0. The Labute approximate surface area is 158 Å². The van der Waals surface area contributed by atoms with Crippen LogP contribution >= 0.6 is 0 Å². The number of aryl methyl sites for hydroxylation is 2. The molecular weight excluding hydrogens is 352 g/mol. The summed E-state index contributed by atoms with van der Waals surface area (Å²) in [5, 5.41) is 0. The lowest BCUT2D eigenvalue weighted by atomic mass is 9.77. The molecule has 1 aliphatic carbocycles. The standard InChI is InChI=1S/C23H26F4/c1-2-3-15-4-9-17(10-5-15)18-11-6-16(7-12-18)8-13-19-14-20(24)22(26)23(27)21(19)25/h6-7,11-12,14-15,17H,2-5,8-10,13H2,1H3. The average molecular weight is 378 g/mol. The van der Waals surface area contributed by atoms with E-state index in [2.05, 4.69) is 19.1 Å². The molecule has 0 aliphatic heterocycles. The Morgan fingerprint density at radius 1 is 0.815 bits per heavy atom. The SMILES string of the molecule is CCCC1CCC(c2ccc(CCc3cc(F)c(F)c(F)c3F)cc2)CC1. The van der Waals surface area contributed by atoms with E-state index >= 15 is 0 Å². The molecule has 0 aromatic heterocycles. The van der Waals surface area contributed by atoms with Crippen LogP contribution in [0.4, 0.5) is 17.6 Å². The van der Waals surface area contributed by atoms with Crippen molar-refractivity contribution in [3.63, 3.8) is 0 Å². The van der Waals surface area contributed by atoms with Crippen LogP contribution in [0.3, 0.4) is 0 Å². The Hall–Kier alpha value is -1.84. The minimum Gasteiger partial charge on any atom is -0.204 e. The molecule has 27 heavy (non-hydrogen) atoms. The molecule has 0 spiro atoms. The van der Waals surface area contributed by atoms with E-state index in [1.165, 1.54) is 44.1 Å². The first-order chi connectivity index (χ1) is 13.0. The van der Waals surface area contributed by atoms with Gasteiger partial charge in [-0.2, -0.15) is 0 Å². The van der Waals surface area contributed by atoms with Crippen LogP contribution in [0.15, 0.2) is 30.3 Å². The fourth-order valence-corrected chi connectivity index (χ4v) is 4.23. The minimum absolute atomic E-state index is 0.126. The lowest BCUT2D eigenvalue weighted by molar-refractivity contribution is 0.308. The maximum atomic E-state index is 13.8. The molecule has 0 atom stereocenters. The second kappa shape index (κ2) is 8.90. The number of benzene rings is 2. The molecule has 2 aromatic carbocycles. The second-order valence-electron chi connectivity index (χ2n) is 7.71. The zero-order valence-corrected chi connectivity index (χ0v) is 15.7. The van der Waals surface area contributed by atoms with Crippen molar-refractivity contribution in [3.05, 3.63) is 70.3 Å². The molecule has 1 fully saturated rings. The second-order valence-corrected chi connectivity index (χ2v) is 7.71. The molecule has 4 heteroatoms. The van der Waals surface area contributed by atoms with Crippen molar-refractivity contribution in [1.29, 1.82) is 0 Å². The van der Waals surface area contributed by atoms with Crippen molar-refractivity contribution < 1.29 is 17.6 Å². The number of halogens is 4. The van der Waals surface area contributed by atoms with Crippen LogP contribution in [0.2, 0.25) is 0 Å². The lowest BCUT2D eigenvalue weighted by Crippen LogP contribution is -2.13. The van der Waals surface area contributed by atoms with E-state index in [0.717, 1.165) is 17.5 Å². The quantitative estimate of drug-likeness (QED) is 0.286. The van der Waals surface area contributed by atoms with Crippen molar-refractivity contribution in [1.82, 2.24) is 0 Å². The minimum atomic E-state index is -1.76. The third-order valence-electron chi connectivity index (χ3n) is 5.86. The molecule has 0 saturated heterocycles. The largest absolute Gasteiger partial charge is 0.204 e. The van der Waals surface area contributed by atoms with Crippen LogP contribution in [-0.2, 0) is 12.8 Å². The van der Waals surface area contributed by atoms with E-state index in [4.69, 9.17) is 0 Å². The Morgan fingerprint density at radius 3 is 2.11 bits per heavy atom. The van der Waals surface area contributed by atoms with E-state index in [-0.39, 0.29) is 12.0 Å². The van der Waals surface area contributed by atoms with E-state index in [1.54, 1.807) is 0 Å². The van der Waals surface area contributed by atoms with Gasteiger partial charge in [0.25, 0.3) is 0 Å². The molecule has 0 nitrogen and oxygen atoms in total. The Kier molecular flexibility index (Phi) is 6.56. The maximum absolute atomic E-state index is 13.8. The van der Waals surface area contributed by atoms with Crippen molar-refractivity contribution in [2.75, 3.05) is 0 Å². The lowest BCUT2D eigenvalue weighted by Gasteiger charge is -2.28. The Bertz CT molecular complexity index is 759. The predicted molar refractivity (Wildman–Crippen MR) is 99.7 cm³/mol. The van der Waals surface area contributed by atoms with Crippen molar-refractivity contribution >= 4 is 0 Å². The highest BCUT2D eigenvalue weighted by atomic mass is 19.2. The van der Waals surface area contributed by atoms with Gasteiger partial charge < -0.3 is 0 Å². The van der Waals surface area contributed by atoms with Crippen molar-refractivity contribution in [2.24, 2.45) is 5.92 Å². The van der Waals surface area contributed by atoms with Crippen LogP contribution in [0.5, 0.6) is 0 Å². The number of hydrogen-bond acceptors (Lipinski definition) is 0. The topological polar surface area (TPSA) is 0 Å². The van der Waals surface area contributed by atoms with Gasteiger partial charge in [0.1, 0.15) is 0 Å². The average Bonchev–Trinajstić information content (AvgIpc) is 2.69. The van der Waals surface area contributed by atoms with E-state index in [1.807, 2.05) is 12.1 Å². The third kappa shape index (κ3) is 4.72. The molecule has 0 heterocycles. The molecule has 0 amide bonds. The number of rotatable bonds is 6. The van der Waals surface area contributed by atoms with Crippen LogP contribution in [-0.4, -0.2) is 0 Å². The van der Waals surface area contributed by atoms with Gasteiger partial charge in [-0.25, -0.2) is 17.6 Å². The molecule has 2 aromatic rings. The summed E-state index contributed by atoms with van der Waals surface area (Å²) in [6.45, 7) is 2.24. The van der Waals surface area contributed by atoms with E-state index < -0.39 is 23.3 Å². The highest BCUT2D eigenvalue weighted by Gasteiger charge is 2.22. The van der Waals surface area contributed by atoms with E-state index in [0.29, 0.717) is 12.3 Å². The van der Waals surface area contributed by atoms with Gasteiger partial charge in [-0.1, -0.05) is 44.0 Å². The molecule has 0 N–H and O–H groups in total. The normalized spacial score (nSPS) is 20.0. The van der Waals surface area contributed by atoms with Gasteiger partial charge in [-0.15, -0.1) is 0 Å². The monoisotopic (exact) mass is 378 g/mol. The molecule has 146 valence electrons. The van der Waals surface area contributed by atoms with Crippen LogP contribution in [0.1, 0.15) is 68.1 Å². The zero-order valence-electron chi connectivity index (χ0n) is 15.7. The highest BCUT2D eigenvalue weighted by molar-refractivity contribution is 5.28. The Balaban J connectivity index is 1.59. The first kappa shape index (κ1) is 19.9. The molecule has 1 saturated carbocycles. The molecular formula is C23H26F4. The first-order valence-electron chi connectivity index (χ1n) is 9.90. The highest BCUT2D eigenvalue weighted by Crippen LogP contribution is 2.37. The van der Waals surface area contributed by atoms with Crippen LogP contribution in [0, 0.1) is 29.2 Å². The smallest absolute Gasteiger partial charge is 0.197 e. The fourth-order valence-electron chi connectivity index (χ4n) is 4.23. The predicted octanol–water partition coefficient (Wildman–Crippen LogP) is 7.10. The fraction of sp³-hybridized carbons (Fsp3) is 0.478. The summed E-state index contributed by atoms with van der Waals surface area (Å²) in [6.07, 6.45) is 8.20.